The lowest BCUT2D eigenvalue weighted by atomic mass is 10.0. The molecule has 3 rings (SSSR count). The second-order valence-electron chi connectivity index (χ2n) is 4.34. The summed E-state index contributed by atoms with van der Waals surface area (Å²) in [5.41, 5.74) is 6.42. The third kappa shape index (κ3) is 2.38. The monoisotopic (exact) mass is 279 g/mol. The fourth-order valence-corrected chi connectivity index (χ4v) is 3.02. The lowest BCUT2D eigenvalue weighted by molar-refractivity contribution is 1.13. The van der Waals surface area contributed by atoms with Crippen molar-refractivity contribution in [2.24, 2.45) is 5.73 Å². The third-order valence-corrected chi connectivity index (χ3v) is 4.05. The first-order chi connectivity index (χ1) is 9.75. The van der Waals surface area contributed by atoms with Gasteiger partial charge in [0.05, 0.1) is 0 Å². The summed E-state index contributed by atoms with van der Waals surface area (Å²) in [6.45, 7) is 0. The molecule has 0 amide bonds. The van der Waals surface area contributed by atoms with E-state index in [0.29, 0.717) is 0 Å². The zero-order valence-corrected chi connectivity index (χ0v) is 11.5. The molecule has 3 N–H and O–H groups in total. The van der Waals surface area contributed by atoms with Crippen molar-refractivity contribution in [3.63, 3.8) is 0 Å². The van der Waals surface area contributed by atoms with Gasteiger partial charge in [-0.15, -0.1) is 0 Å². The van der Waals surface area contributed by atoms with Gasteiger partial charge < -0.3 is 5.73 Å². The molecule has 0 saturated heterocycles. The highest BCUT2D eigenvalue weighted by Gasteiger charge is 2.09. The van der Waals surface area contributed by atoms with Crippen molar-refractivity contribution >= 4 is 28.4 Å². The molecule has 0 radical (unpaired) electrons. The molecule has 0 atom stereocenters. The van der Waals surface area contributed by atoms with Crippen LogP contribution in [0.25, 0.3) is 10.8 Å². The number of hydrogen-bond donors (Lipinski definition) is 2. The van der Waals surface area contributed by atoms with Crippen LogP contribution in [0.2, 0.25) is 0 Å². The van der Waals surface area contributed by atoms with Crippen molar-refractivity contribution in [1.29, 1.82) is 5.41 Å². The third-order valence-electron chi connectivity index (χ3n) is 3.03. The van der Waals surface area contributed by atoms with E-state index in [0.717, 1.165) is 26.3 Å². The predicted octanol–water partition coefficient (Wildman–Crippen LogP) is 3.67. The Kier molecular flexibility index (Phi) is 3.39. The second-order valence-corrected chi connectivity index (χ2v) is 5.40. The molecule has 0 bridgehead atoms. The van der Waals surface area contributed by atoms with Gasteiger partial charge in [0.15, 0.2) is 0 Å². The molecule has 4 heteroatoms. The van der Waals surface area contributed by atoms with E-state index >= 15 is 0 Å². The Morgan fingerprint density at radius 2 is 1.70 bits per heavy atom. The first-order valence-corrected chi connectivity index (χ1v) is 7.02. The molecule has 0 spiro atoms. The van der Waals surface area contributed by atoms with Gasteiger partial charge in [-0.1, -0.05) is 42.1 Å². The minimum absolute atomic E-state index is 0.0931. The van der Waals surface area contributed by atoms with E-state index in [1.165, 1.54) is 0 Å². The van der Waals surface area contributed by atoms with Gasteiger partial charge in [0, 0.05) is 16.7 Å². The van der Waals surface area contributed by atoms with Crippen molar-refractivity contribution in [2.75, 3.05) is 0 Å². The van der Waals surface area contributed by atoms with Gasteiger partial charge in [-0.3, -0.25) is 5.41 Å². The maximum atomic E-state index is 7.67. The number of benzene rings is 2. The Hall–Kier alpha value is -2.33. The molecule has 1 heterocycles. The maximum Gasteiger partial charge on any atom is 0.123 e. The SMILES string of the molecule is N=C(N)c1ccc(Sc2ccccn2)c2ccccc12. The molecule has 2 aromatic carbocycles. The van der Waals surface area contributed by atoms with Crippen LogP contribution in [0.5, 0.6) is 0 Å². The van der Waals surface area contributed by atoms with Crippen molar-refractivity contribution < 1.29 is 0 Å². The van der Waals surface area contributed by atoms with Crippen LogP contribution in [0.3, 0.4) is 0 Å². The number of aromatic nitrogens is 1. The summed E-state index contributed by atoms with van der Waals surface area (Å²) in [6, 6.07) is 17.8. The molecule has 20 heavy (non-hydrogen) atoms. The zero-order valence-electron chi connectivity index (χ0n) is 10.7. The van der Waals surface area contributed by atoms with Crippen molar-refractivity contribution in [3.05, 3.63) is 66.4 Å². The zero-order chi connectivity index (χ0) is 13.9. The molecule has 0 unspecified atom stereocenters. The van der Waals surface area contributed by atoms with Crippen LogP contribution in [0.15, 0.2) is 70.7 Å². The lowest BCUT2D eigenvalue weighted by Crippen LogP contribution is -2.11. The minimum atomic E-state index is 0.0931. The molecule has 0 fully saturated rings. The summed E-state index contributed by atoms with van der Waals surface area (Å²) >= 11 is 1.62. The van der Waals surface area contributed by atoms with E-state index in [2.05, 4.69) is 4.98 Å². The average molecular weight is 279 g/mol. The van der Waals surface area contributed by atoms with Crippen LogP contribution in [0.4, 0.5) is 0 Å². The Morgan fingerprint density at radius 1 is 0.950 bits per heavy atom. The van der Waals surface area contributed by atoms with Gasteiger partial charge in [0.1, 0.15) is 10.9 Å². The van der Waals surface area contributed by atoms with Crippen molar-refractivity contribution in [1.82, 2.24) is 4.98 Å². The van der Waals surface area contributed by atoms with Gasteiger partial charge >= 0.3 is 0 Å². The number of amidine groups is 1. The number of pyridine rings is 1. The number of nitrogen functional groups attached to an aromatic ring is 1. The van der Waals surface area contributed by atoms with Gasteiger partial charge in [-0.2, -0.15) is 0 Å². The van der Waals surface area contributed by atoms with Gasteiger partial charge in [0.25, 0.3) is 0 Å². The Morgan fingerprint density at radius 3 is 2.40 bits per heavy atom. The van der Waals surface area contributed by atoms with Crippen molar-refractivity contribution in [2.45, 2.75) is 9.92 Å². The highest BCUT2D eigenvalue weighted by atomic mass is 32.2. The summed E-state index contributed by atoms with van der Waals surface area (Å²) in [5, 5.41) is 10.7. The summed E-state index contributed by atoms with van der Waals surface area (Å²) in [5.74, 6) is 0.0931. The molecule has 0 saturated carbocycles. The van der Waals surface area contributed by atoms with Crippen LogP contribution in [-0.4, -0.2) is 10.8 Å². The minimum Gasteiger partial charge on any atom is -0.384 e. The van der Waals surface area contributed by atoms with Crippen LogP contribution in [0.1, 0.15) is 5.56 Å². The number of nitrogens with two attached hydrogens (primary N) is 1. The molecular formula is C16H13N3S. The fraction of sp³-hybridized carbons (Fsp3) is 0. The quantitative estimate of drug-likeness (QED) is 0.568. The van der Waals surface area contributed by atoms with Crippen LogP contribution in [-0.2, 0) is 0 Å². The standard InChI is InChI=1S/C16H13N3S/c17-16(18)13-8-9-14(12-6-2-1-5-11(12)13)20-15-7-3-4-10-19-15/h1-10H,(H3,17,18). The van der Waals surface area contributed by atoms with E-state index < -0.39 is 0 Å². The lowest BCUT2D eigenvalue weighted by Gasteiger charge is -2.09. The largest absolute Gasteiger partial charge is 0.384 e. The van der Waals surface area contributed by atoms with Gasteiger partial charge in [-0.05, 0) is 35.0 Å². The second kappa shape index (κ2) is 5.35. The maximum absolute atomic E-state index is 7.67. The fourth-order valence-electron chi connectivity index (χ4n) is 2.12. The summed E-state index contributed by atoms with van der Waals surface area (Å²) in [6.07, 6.45) is 1.79. The summed E-state index contributed by atoms with van der Waals surface area (Å²) in [7, 11) is 0. The number of rotatable bonds is 3. The summed E-state index contributed by atoms with van der Waals surface area (Å²) < 4.78 is 0. The number of hydrogen-bond acceptors (Lipinski definition) is 3. The van der Waals surface area contributed by atoms with E-state index in [-0.39, 0.29) is 5.84 Å². The van der Waals surface area contributed by atoms with Gasteiger partial charge in [0.2, 0.25) is 0 Å². The van der Waals surface area contributed by atoms with E-state index in [9.17, 15) is 0 Å². The van der Waals surface area contributed by atoms with Crippen molar-refractivity contribution in [3.8, 4) is 0 Å². The van der Waals surface area contributed by atoms with E-state index in [1.54, 1.807) is 18.0 Å². The Bertz CT molecular complexity index is 769. The molecule has 3 nitrogen and oxygen atoms in total. The predicted molar refractivity (Wildman–Crippen MR) is 83.3 cm³/mol. The first kappa shape index (κ1) is 12.7. The highest BCUT2D eigenvalue weighted by Crippen LogP contribution is 2.33. The summed E-state index contributed by atoms with van der Waals surface area (Å²) in [4.78, 5) is 5.45. The molecule has 98 valence electrons. The topological polar surface area (TPSA) is 62.8 Å². The Balaban J connectivity index is 2.13. The molecule has 3 aromatic rings. The highest BCUT2D eigenvalue weighted by molar-refractivity contribution is 7.99. The molecule has 0 aliphatic carbocycles. The number of nitrogens with one attached hydrogen (secondary N) is 1. The smallest absolute Gasteiger partial charge is 0.123 e. The van der Waals surface area contributed by atoms with Crippen LogP contribution < -0.4 is 5.73 Å². The van der Waals surface area contributed by atoms with E-state index in [4.69, 9.17) is 11.1 Å². The van der Waals surface area contributed by atoms with E-state index in [1.807, 2.05) is 54.6 Å². The average Bonchev–Trinajstić information content (AvgIpc) is 2.48. The normalized spacial score (nSPS) is 10.6. The Labute approximate surface area is 121 Å². The molecule has 0 aliphatic heterocycles. The van der Waals surface area contributed by atoms with Gasteiger partial charge in [-0.25, -0.2) is 4.98 Å². The molecular weight excluding hydrogens is 266 g/mol. The van der Waals surface area contributed by atoms with Crippen LogP contribution in [0, 0.1) is 5.41 Å². The molecule has 1 aromatic heterocycles. The number of nitrogens with zero attached hydrogens (tertiary/aromatic N) is 1. The number of fused-ring (bicyclic) bond motifs is 1. The van der Waals surface area contributed by atoms with Crippen LogP contribution >= 0.6 is 11.8 Å². The first-order valence-electron chi connectivity index (χ1n) is 6.21. The molecule has 0 aliphatic rings.